The van der Waals surface area contributed by atoms with Gasteiger partial charge < -0.3 is 24.4 Å². The predicted molar refractivity (Wildman–Crippen MR) is 131 cm³/mol. The van der Waals surface area contributed by atoms with E-state index >= 15 is 0 Å². The van der Waals surface area contributed by atoms with Crippen molar-refractivity contribution in [2.45, 2.75) is 62.3 Å². The summed E-state index contributed by atoms with van der Waals surface area (Å²) >= 11 is 0. The van der Waals surface area contributed by atoms with Gasteiger partial charge in [-0.2, -0.15) is 0 Å². The Kier molecular flexibility index (Phi) is 7.35. The first kappa shape index (κ1) is 23.8. The van der Waals surface area contributed by atoms with Gasteiger partial charge in [0.15, 0.2) is 0 Å². The number of nitrogens with one attached hydrogen (secondary N) is 1. The molecule has 2 amide bonds. The van der Waals surface area contributed by atoms with Crippen LogP contribution >= 0.6 is 0 Å². The van der Waals surface area contributed by atoms with Gasteiger partial charge in [-0.1, -0.05) is 60.7 Å². The topological polar surface area (TPSA) is 77.1 Å². The van der Waals surface area contributed by atoms with E-state index in [1.807, 2.05) is 30.3 Å². The first-order chi connectivity index (χ1) is 17.1. The molecule has 3 aliphatic rings. The SMILES string of the molecule is O=C1COCC2(CCN(C(=O)OCc3ccccc3)C2CO[C@H]2CC[C@@H](c3ccccc3)CC2)N1. The van der Waals surface area contributed by atoms with Gasteiger partial charge in [0, 0.05) is 6.54 Å². The lowest BCUT2D eigenvalue weighted by Gasteiger charge is -2.41. The van der Waals surface area contributed by atoms with Gasteiger partial charge in [0.25, 0.3) is 0 Å². The van der Waals surface area contributed by atoms with Crippen molar-refractivity contribution in [3.63, 3.8) is 0 Å². The van der Waals surface area contributed by atoms with Crippen molar-refractivity contribution < 1.29 is 23.8 Å². The van der Waals surface area contributed by atoms with Gasteiger partial charge in [-0.15, -0.1) is 0 Å². The third kappa shape index (κ3) is 5.52. The van der Waals surface area contributed by atoms with Crippen LogP contribution in [0, 0.1) is 0 Å². The molecular weight excluding hydrogens is 444 g/mol. The second-order valence-corrected chi connectivity index (χ2v) is 9.91. The lowest BCUT2D eigenvalue weighted by molar-refractivity contribution is -0.137. The van der Waals surface area contributed by atoms with Gasteiger partial charge in [0.1, 0.15) is 13.2 Å². The normalized spacial score (nSPS) is 28.6. The molecule has 3 fully saturated rings. The molecule has 1 aliphatic carbocycles. The smallest absolute Gasteiger partial charge is 0.410 e. The number of hydrogen-bond donors (Lipinski definition) is 1. The first-order valence-electron chi connectivity index (χ1n) is 12.7. The number of hydrogen-bond acceptors (Lipinski definition) is 5. The van der Waals surface area contributed by atoms with Gasteiger partial charge in [-0.3, -0.25) is 4.79 Å². The third-order valence-electron chi connectivity index (χ3n) is 7.67. The molecule has 1 saturated carbocycles. The molecule has 2 unspecified atom stereocenters. The zero-order valence-electron chi connectivity index (χ0n) is 20.1. The van der Waals surface area contributed by atoms with Crippen molar-refractivity contribution in [3.05, 3.63) is 71.8 Å². The maximum Gasteiger partial charge on any atom is 0.410 e. The third-order valence-corrected chi connectivity index (χ3v) is 7.67. The van der Waals surface area contributed by atoms with E-state index in [1.165, 1.54) is 5.56 Å². The van der Waals surface area contributed by atoms with Crippen molar-refractivity contribution >= 4 is 12.0 Å². The second-order valence-electron chi connectivity index (χ2n) is 9.91. The summed E-state index contributed by atoms with van der Waals surface area (Å²) in [5.74, 6) is 0.425. The van der Waals surface area contributed by atoms with Crippen LogP contribution in [0.3, 0.4) is 0 Å². The first-order valence-corrected chi connectivity index (χ1v) is 12.7. The fourth-order valence-corrected chi connectivity index (χ4v) is 5.72. The Morgan fingerprint density at radius 3 is 2.46 bits per heavy atom. The summed E-state index contributed by atoms with van der Waals surface area (Å²) in [5.41, 5.74) is 1.70. The average molecular weight is 479 g/mol. The van der Waals surface area contributed by atoms with Crippen LogP contribution in [-0.2, 0) is 25.6 Å². The van der Waals surface area contributed by atoms with Crippen LogP contribution in [-0.4, -0.2) is 61.0 Å². The number of amides is 2. The maximum absolute atomic E-state index is 13.1. The zero-order chi connectivity index (χ0) is 24.1. The number of ether oxygens (including phenoxy) is 3. The minimum atomic E-state index is -0.637. The fourth-order valence-electron chi connectivity index (χ4n) is 5.72. The molecule has 186 valence electrons. The number of benzene rings is 2. The lowest BCUT2D eigenvalue weighted by atomic mass is 9.82. The molecule has 35 heavy (non-hydrogen) atoms. The lowest BCUT2D eigenvalue weighted by Crippen LogP contribution is -2.65. The van der Waals surface area contributed by atoms with E-state index in [1.54, 1.807) is 4.90 Å². The van der Waals surface area contributed by atoms with E-state index in [0.717, 1.165) is 31.2 Å². The Bertz CT molecular complexity index is 993. The van der Waals surface area contributed by atoms with Crippen LogP contribution < -0.4 is 5.32 Å². The van der Waals surface area contributed by atoms with Crippen molar-refractivity contribution in [1.29, 1.82) is 0 Å². The Hall–Kier alpha value is -2.90. The highest BCUT2D eigenvalue weighted by atomic mass is 16.6. The van der Waals surface area contributed by atoms with E-state index < -0.39 is 5.54 Å². The molecule has 2 aromatic carbocycles. The van der Waals surface area contributed by atoms with Crippen LogP contribution in [0.4, 0.5) is 4.79 Å². The highest BCUT2D eigenvalue weighted by Crippen LogP contribution is 2.36. The summed E-state index contributed by atoms with van der Waals surface area (Å²) in [4.78, 5) is 27.0. The molecule has 1 N–H and O–H groups in total. The monoisotopic (exact) mass is 478 g/mol. The number of morpholine rings is 1. The van der Waals surface area contributed by atoms with Crippen LogP contribution in [0.5, 0.6) is 0 Å². The Morgan fingerprint density at radius 2 is 1.74 bits per heavy atom. The molecule has 0 radical (unpaired) electrons. The van der Waals surface area contributed by atoms with Crippen molar-refractivity contribution in [2.75, 3.05) is 26.4 Å². The van der Waals surface area contributed by atoms with Crippen LogP contribution in [0.2, 0.25) is 0 Å². The number of likely N-dealkylation sites (tertiary alicyclic amines) is 1. The Labute approximate surface area is 206 Å². The molecule has 1 spiro atoms. The number of carbonyl (C=O) groups excluding carboxylic acids is 2. The summed E-state index contributed by atoms with van der Waals surface area (Å²) in [5, 5.41) is 3.12. The Morgan fingerprint density at radius 1 is 1.03 bits per heavy atom. The maximum atomic E-state index is 13.1. The van der Waals surface area contributed by atoms with Gasteiger partial charge in [0.2, 0.25) is 5.91 Å². The molecule has 7 nitrogen and oxygen atoms in total. The molecule has 0 bridgehead atoms. The number of carbonyl (C=O) groups is 2. The van der Waals surface area contributed by atoms with Gasteiger partial charge in [-0.05, 0) is 49.1 Å². The minimum Gasteiger partial charge on any atom is -0.445 e. The van der Waals surface area contributed by atoms with Crippen molar-refractivity contribution in [1.82, 2.24) is 10.2 Å². The van der Waals surface area contributed by atoms with Crippen LogP contribution in [0.15, 0.2) is 60.7 Å². The van der Waals surface area contributed by atoms with Crippen molar-refractivity contribution in [2.24, 2.45) is 0 Å². The molecule has 5 rings (SSSR count). The highest BCUT2D eigenvalue weighted by Gasteiger charge is 2.52. The van der Waals surface area contributed by atoms with Gasteiger partial charge in [-0.25, -0.2) is 4.79 Å². The van der Waals surface area contributed by atoms with Crippen LogP contribution in [0.1, 0.15) is 49.1 Å². The summed E-state index contributed by atoms with van der Waals surface area (Å²) in [6, 6.07) is 20.0. The fraction of sp³-hybridized carbons (Fsp3) is 0.500. The largest absolute Gasteiger partial charge is 0.445 e. The number of rotatable bonds is 6. The molecule has 2 aliphatic heterocycles. The van der Waals surface area contributed by atoms with E-state index in [9.17, 15) is 9.59 Å². The van der Waals surface area contributed by atoms with Crippen molar-refractivity contribution in [3.8, 4) is 0 Å². The zero-order valence-corrected chi connectivity index (χ0v) is 20.1. The van der Waals surface area contributed by atoms with Crippen LogP contribution in [0.25, 0.3) is 0 Å². The number of nitrogens with zero attached hydrogens (tertiary/aromatic N) is 1. The predicted octanol–water partition coefficient (Wildman–Crippen LogP) is 4.03. The van der Waals surface area contributed by atoms with E-state index in [2.05, 4.69) is 35.6 Å². The van der Waals surface area contributed by atoms with E-state index in [4.69, 9.17) is 14.2 Å². The van der Waals surface area contributed by atoms with Gasteiger partial charge in [0.05, 0.1) is 30.9 Å². The standard InChI is InChI=1S/C28H34N2O5/c31-26-19-33-20-28(29-26)15-16-30(27(32)35-17-21-7-3-1-4-8-21)25(28)18-34-24-13-11-23(12-14-24)22-9-5-2-6-10-22/h1-10,23-25H,11-20H2,(H,29,31)/t23-,24+,25?,28?. The second kappa shape index (κ2) is 10.8. The Balaban J connectivity index is 1.21. The van der Waals surface area contributed by atoms with E-state index in [-0.39, 0.29) is 37.4 Å². The summed E-state index contributed by atoms with van der Waals surface area (Å²) in [6.45, 7) is 1.48. The van der Waals surface area contributed by atoms with Gasteiger partial charge >= 0.3 is 6.09 Å². The highest BCUT2D eigenvalue weighted by molar-refractivity contribution is 5.79. The molecule has 0 aromatic heterocycles. The summed E-state index contributed by atoms with van der Waals surface area (Å²) in [7, 11) is 0. The summed E-state index contributed by atoms with van der Waals surface area (Å²) < 4.78 is 17.7. The summed E-state index contributed by atoms with van der Waals surface area (Å²) in [6.07, 6.45) is 4.54. The minimum absolute atomic E-state index is 0.0529. The molecule has 2 atom stereocenters. The van der Waals surface area contributed by atoms with E-state index in [0.29, 0.717) is 32.1 Å². The molecule has 2 saturated heterocycles. The average Bonchev–Trinajstić information content (AvgIpc) is 3.24. The molecular formula is C28H34N2O5. The quantitative estimate of drug-likeness (QED) is 0.679. The molecule has 2 aromatic rings. The molecule has 2 heterocycles. The molecule has 7 heteroatoms.